The van der Waals surface area contributed by atoms with Gasteiger partial charge in [-0.1, -0.05) is 104 Å². The van der Waals surface area contributed by atoms with Gasteiger partial charge in [-0.15, -0.1) is 23.2 Å². The molecule has 0 fully saturated rings. The first kappa shape index (κ1) is 165. The predicted octanol–water partition coefficient (Wildman–Crippen LogP) is -27.1. The van der Waals surface area contributed by atoms with Crippen LogP contribution in [0.5, 0.6) is 0 Å². The maximum absolute atomic E-state index is 7.50. The van der Waals surface area contributed by atoms with Crippen molar-refractivity contribution in [3.63, 3.8) is 0 Å². The van der Waals surface area contributed by atoms with E-state index in [0.717, 1.165) is 0 Å². The molecule has 0 spiro atoms. The molecule has 3 rings (SSSR count). The molecular weight excluding hydrogens is 2360 g/mol. The van der Waals surface area contributed by atoms with E-state index in [0.29, 0.717) is 0 Å². The molecule has 0 aliphatic carbocycles. The normalized spacial score (nSPS) is 5.48. The maximum Gasteiger partial charge on any atom is 3.00 e. The minimum absolute atomic E-state index is 0. The topological polar surface area (TPSA) is 119 Å². The van der Waals surface area contributed by atoms with Crippen LogP contribution in [0.1, 0.15) is 83.5 Å². The molecule has 0 atom stereocenters. The number of hydrogen-bond donors (Lipinski definition) is 0. The molecule has 0 heterocycles. The van der Waals surface area contributed by atoms with Crippen molar-refractivity contribution >= 4 is 102 Å². The molecule has 0 saturated heterocycles. The second-order valence-corrected chi connectivity index (χ2v) is 10.3. The zero-order valence-electron chi connectivity index (χ0n) is 36.4. The fourth-order valence-corrected chi connectivity index (χ4v) is 4.22. The third-order valence-electron chi connectivity index (χ3n) is 8.44. The standard InChI is InChI=1S/3C10H15.CH2Cl2.6CO.3Bi.12BrH.3Fe/c3*1-6-7(2)9(4)10(5)8(6)3;2-1-3;6*1-2;;;;;;;;;;;;;;;;;;/h3*1-5H3;1H2;;;;;;;;;;12*1H;;;/q3*-1;;;;;;;;2*+2;+3;;;;;;;;;;;;;+2;2*+3/p-12. The van der Waals surface area contributed by atoms with E-state index < -0.39 is 0 Å². The summed E-state index contributed by atoms with van der Waals surface area (Å²) in [6.45, 7) is 60.0. The molecule has 0 aliphatic heterocycles. The Labute approximate surface area is 606 Å². The van der Waals surface area contributed by atoms with E-state index in [1.54, 1.807) is 0 Å². The Morgan fingerprint density at radius 1 is 0.317 bits per heavy atom. The van der Waals surface area contributed by atoms with Gasteiger partial charge in [0.15, 0.2) is 0 Å². The summed E-state index contributed by atoms with van der Waals surface area (Å²) in [7, 11) is 0. The zero-order chi connectivity index (χ0) is 38.4. The molecule has 3 aromatic rings. The molecule has 0 amide bonds. The van der Waals surface area contributed by atoms with Gasteiger partial charge in [-0.05, 0) is 0 Å². The Morgan fingerprint density at radius 2 is 0.365 bits per heavy atom. The summed E-state index contributed by atoms with van der Waals surface area (Å²) >= 11 is 9.53. The molecule has 0 aliphatic rings. The molecule has 0 saturated carbocycles. The van der Waals surface area contributed by atoms with Crippen molar-refractivity contribution < 1.29 is 283 Å². The Hall–Kier alpha value is 7.04. The number of halogens is 14. The Bertz CT molecular complexity index is 990. The van der Waals surface area contributed by atoms with Crippen molar-refractivity contribution in [2.45, 2.75) is 104 Å². The van der Waals surface area contributed by atoms with Crippen LogP contribution < -0.4 is 204 Å². The second kappa shape index (κ2) is 114. The molecular formula is C37H47Bi3Br12Cl2Fe3O6. The minimum atomic E-state index is 0. The van der Waals surface area contributed by atoms with Crippen LogP contribution >= 0.6 is 23.2 Å². The van der Waals surface area contributed by atoms with Crippen molar-refractivity contribution in [3.8, 4) is 0 Å². The summed E-state index contributed by atoms with van der Waals surface area (Å²) in [5, 5.41) is 0.194. The Balaban J connectivity index is -0.0000000115. The summed E-state index contributed by atoms with van der Waals surface area (Å²) in [5.41, 5.74) is 22.0. The quantitative estimate of drug-likeness (QED) is 0.0922. The fraction of sp³-hybridized carbons (Fsp3) is 0.432. The molecule has 0 N–H and O–H groups in total. The second-order valence-electron chi connectivity index (χ2n) is 9.48. The molecule has 0 aromatic heterocycles. The number of alkyl halides is 2. The SMILES string of the molecule is Cc1c(C)c(C)[c-](C)c1C.Cc1c(C)c(C)[c-](C)c1C.Cc1c(C)c(C)[c-](C)c1C.ClCCl.[Bi+2].[Bi+2].[Bi+3].[Br-].[Br-].[Br-].[Br-].[Br-].[Br-].[Br-].[Br-].[Br-].[Br-].[Br-].[Br-].[C-]#[O+].[C-]#[O+].[C-]#[O+].[C-]#[O+].[C-]#[O+].[C-]#[O+].[Fe+2].[Fe+3].[Fe+3]. The van der Waals surface area contributed by atoms with Crippen LogP contribution in [0.3, 0.4) is 0 Å². The fourth-order valence-electron chi connectivity index (χ4n) is 4.22. The van der Waals surface area contributed by atoms with Crippen molar-refractivity contribution in [1.29, 1.82) is 0 Å². The molecule has 0 bridgehead atoms. The van der Waals surface area contributed by atoms with E-state index >= 15 is 0 Å². The average Bonchev–Trinajstić information content (AvgIpc) is 3.46. The van der Waals surface area contributed by atoms with Crippen LogP contribution in [0.25, 0.3) is 0 Å². The predicted molar refractivity (Wildman–Crippen MR) is 195 cm³/mol. The van der Waals surface area contributed by atoms with E-state index in [2.05, 4.69) is 144 Å². The van der Waals surface area contributed by atoms with E-state index in [-0.39, 0.29) is 339 Å². The van der Waals surface area contributed by atoms with Gasteiger partial charge in [0, 0.05) is 0 Å². The largest absolute Gasteiger partial charge is 3.00 e. The summed E-state index contributed by atoms with van der Waals surface area (Å²) in [4.78, 5) is 0. The van der Waals surface area contributed by atoms with Gasteiger partial charge in [-0.25, -0.2) is 0 Å². The van der Waals surface area contributed by atoms with Gasteiger partial charge in [-0.3, -0.25) is 0 Å². The van der Waals surface area contributed by atoms with Gasteiger partial charge in [0.25, 0.3) is 0 Å². The molecule has 10 radical (unpaired) electrons. The van der Waals surface area contributed by atoms with E-state index in [4.69, 9.17) is 51.1 Å². The first-order chi connectivity index (χ1) is 21.1. The first-order valence-corrected chi connectivity index (χ1v) is 14.1. The molecule has 63 heavy (non-hydrogen) atoms. The zero-order valence-corrected chi connectivity index (χ0v) is 70.6. The summed E-state index contributed by atoms with van der Waals surface area (Å²) < 4.78 is 45.0. The van der Waals surface area contributed by atoms with Crippen LogP contribution in [-0.4, -0.2) is 83.9 Å². The number of hydrogen-bond acceptors (Lipinski definition) is 0. The molecule has 6 nitrogen and oxygen atoms in total. The van der Waals surface area contributed by atoms with Crippen molar-refractivity contribution in [2.75, 3.05) is 5.34 Å². The Morgan fingerprint density at radius 3 is 0.381 bits per heavy atom. The van der Waals surface area contributed by atoms with Gasteiger partial charge in [0.1, 0.15) is 0 Å². The maximum atomic E-state index is 7.50. The number of rotatable bonds is 0. The van der Waals surface area contributed by atoms with Crippen molar-refractivity contribution in [1.82, 2.24) is 0 Å². The molecule has 368 valence electrons. The van der Waals surface area contributed by atoms with Crippen LogP contribution in [0, 0.1) is 144 Å². The van der Waals surface area contributed by atoms with Gasteiger partial charge in [0.2, 0.25) is 0 Å². The van der Waals surface area contributed by atoms with Crippen molar-refractivity contribution in [3.05, 3.63) is 123 Å². The Kier molecular flexibility index (Phi) is 297. The van der Waals surface area contributed by atoms with Gasteiger partial charge < -0.3 is 204 Å². The average molecular weight is 2410 g/mol. The third kappa shape index (κ3) is 69.0. The van der Waals surface area contributed by atoms with Crippen molar-refractivity contribution in [2.24, 2.45) is 0 Å². The molecule has 0 unspecified atom stereocenters. The van der Waals surface area contributed by atoms with Crippen LogP contribution in [-0.2, 0) is 79.1 Å². The van der Waals surface area contributed by atoms with Gasteiger partial charge in [0.05, 0.1) is 5.34 Å². The van der Waals surface area contributed by atoms with Crippen LogP contribution in [0.2, 0.25) is 0 Å². The van der Waals surface area contributed by atoms with Gasteiger partial charge >= 0.3 is 198 Å². The minimum Gasteiger partial charge on any atom is 2.00 e. The van der Waals surface area contributed by atoms with E-state index in [1.165, 1.54) is 83.5 Å². The van der Waals surface area contributed by atoms with Crippen LogP contribution in [0.15, 0.2) is 0 Å². The van der Waals surface area contributed by atoms with Crippen LogP contribution in [0.4, 0.5) is 0 Å². The van der Waals surface area contributed by atoms with Gasteiger partial charge in [-0.2, -0.15) is 83.5 Å². The smallest absolute Gasteiger partial charge is 2.00 e. The molecule has 3 aromatic carbocycles. The summed E-state index contributed by atoms with van der Waals surface area (Å²) in [5.74, 6) is 0. The first-order valence-electron chi connectivity index (χ1n) is 13.0. The molecule has 26 heteroatoms. The summed E-state index contributed by atoms with van der Waals surface area (Å²) in [6, 6.07) is 0. The van der Waals surface area contributed by atoms with E-state index in [9.17, 15) is 0 Å². The summed E-state index contributed by atoms with van der Waals surface area (Å²) in [6.07, 6.45) is 0. The monoisotopic (exact) mass is 2400 g/mol. The third-order valence-corrected chi connectivity index (χ3v) is 8.44. The van der Waals surface area contributed by atoms with E-state index in [1.807, 2.05) is 0 Å².